The van der Waals surface area contributed by atoms with E-state index in [-0.39, 0.29) is 23.9 Å². The van der Waals surface area contributed by atoms with E-state index in [0.29, 0.717) is 5.89 Å². The number of amides is 1. The maximum absolute atomic E-state index is 12.4. The Balaban J connectivity index is 1.37. The molecule has 0 aliphatic heterocycles. The second-order valence-electron chi connectivity index (χ2n) is 7.35. The Hall–Kier alpha value is -2.20. The molecule has 0 spiro atoms. The molecule has 1 N–H and O–H groups in total. The lowest BCUT2D eigenvalue weighted by atomic mass is 9.92. The van der Waals surface area contributed by atoms with Crippen LogP contribution in [-0.2, 0) is 30.8 Å². The van der Waals surface area contributed by atoms with Crippen LogP contribution in [0.2, 0.25) is 0 Å². The van der Waals surface area contributed by atoms with E-state index in [0.717, 1.165) is 33.4 Å². The summed E-state index contributed by atoms with van der Waals surface area (Å²) in [4.78, 5) is 12.6. The molecule has 1 amide bonds. The van der Waals surface area contributed by atoms with Crippen molar-refractivity contribution in [3.05, 3.63) is 67.4 Å². The Morgan fingerprint density at radius 1 is 1.23 bits per heavy atom. The molecule has 8 heteroatoms. The first-order valence-corrected chi connectivity index (χ1v) is 11.3. The van der Waals surface area contributed by atoms with Crippen LogP contribution >= 0.6 is 34.8 Å². The molecule has 0 saturated carbocycles. The van der Waals surface area contributed by atoms with Crippen LogP contribution in [0.15, 0.2) is 40.8 Å². The van der Waals surface area contributed by atoms with E-state index < -0.39 is 0 Å². The van der Waals surface area contributed by atoms with Crippen LogP contribution in [0, 0.1) is 15.3 Å². The lowest BCUT2D eigenvalue weighted by Crippen LogP contribution is -2.20. The molecule has 0 fully saturated rings. The summed E-state index contributed by atoms with van der Waals surface area (Å²) in [6.07, 6.45) is 4.70. The lowest BCUT2D eigenvalue weighted by molar-refractivity contribution is -0.117. The standard InChI is InChI=1S/C22H22IN3O3S/c1-14-10-17(23)7-9-19(14)24-20(27)12-26-22(30)29-21(25-26)13-28-18-8-6-15-4-2-3-5-16(15)11-18/h6-11H,2-5,12-13H2,1H3,(H,24,27). The topological polar surface area (TPSA) is 69.3 Å². The molecule has 156 valence electrons. The van der Waals surface area contributed by atoms with Crippen molar-refractivity contribution in [3.8, 4) is 5.75 Å². The highest BCUT2D eigenvalue weighted by Gasteiger charge is 2.13. The summed E-state index contributed by atoms with van der Waals surface area (Å²) < 4.78 is 13.8. The van der Waals surface area contributed by atoms with Crippen molar-refractivity contribution >= 4 is 46.4 Å². The predicted molar refractivity (Wildman–Crippen MR) is 125 cm³/mol. The molecule has 0 atom stereocenters. The van der Waals surface area contributed by atoms with Gasteiger partial charge in [-0.05, 0) is 114 Å². The largest absolute Gasteiger partial charge is 0.484 e. The second-order valence-corrected chi connectivity index (χ2v) is 8.95. The first-order chi connectivity index (χ1) is 14.5. The van der Waals surface area contributed by atoms with Crippen molar-refractivity contribution in [2.45, 2.75) is 45.8 Å². The molecule has 1 heterocycles. The van der Waals surface area contributed by atoms with Gasteiger partial charge in [-0.3, -0.25) is 4.79 Å². The number of anilines is 1. The van der Waals surface area contributed by atoms with E-state index in [1.165, 1.54) is 28.7 Å². The molecule has 1 aliphatic rings. The number of aromatic nitrogens is 2. The third kappa shape index (κ3) is 5.10. The van der Waals surface area contributed by atoms with Gasteiger partial charge in [0.2, 0.25) is 5.91 Å². The Labute approximate surface area is 193 Å². The van der Waals surface area contributed by atoms with Crippen molar-refractivity contribution in [1.29, 1.82) is 0 Å². The summed E-state index contributed by atoms with van der Waals surface area (Å²) in [5.41, 5.74) is 4.53. The van der Waals surface area contributed by atoms with Gasteiger partial charge in [-0.15, -0.1) is 5.10 Å². The second kappa shape index (κ2) is 9.30. The zero-order valence-corrected chi connectivity index (χ0v) is 19.6. The minimum Gasteiger partial charge on any atom is -0.484 e. The summed E-state index contributed by atoms with van der Waals surface area (Å²) in [5, 5.41) is 7.18. The number of nitrogens with one attached hydrogen (secondary N) is 1. The number of halogens is 1. The smallest absolute Gasteiger partial charge is 0.287 e. The molecule has 4 rings (SSSR count). The number of fused-ring (bicyclic) bond motifs is 1. The first-order valence-electron chi connectivity index (χ1n) is 9.85. The monoisotopic (exact) mass is 535 g/mol. The molecule has 0 unspecified atom stereocenters. The van der Waals surface area contributed by atoms with E-state index in [9.17, 15) is 4.79 Å². The molecule has 1 aromatic heterocycles. The fourth-order valence-electron chi connectivity index (χ4n) is 3.55. The average Bonchev–Trinajstić information content (AvgIpc) is 3.07. The normalized spacial score (nSPS) is 13.0. The Kier molecular flexibility index (Phi) is 6.52. The van der Waals surface area contributed by atoms with Crippen LogP contribution in [-0.4, -0.2) is 15.7 Å². The van der Waals surface area contributed by atoms with Crippen LogP contribution in [0.4, 0.5) is 5.69 Å². The van der Waals surface area contributed by atoms with Crippen molar-refractivity contribution < 1.29 is 13.9 Å². The number of carbonyl (C=O) groups excluding carboxylic acids is 1. The SMILES string of the molecule is Cc1cc(I)ccc1NC(=O)Cn1nc(COc2ccc3c(c2)CCCC3)oc1=S. The van der Waals surface area contributed by atoms with Crippen LogP contribution in [0.1, 0.15) is 35.4 Å². The molecule has 6 nitrogen and oxygen atoms in total. The maximum Gasteiger partial charge on any atom is 0.287 e. The van der Waals surface area contributed by atoms with Crippen LogP contribution in [0.5, 0.6) is 5.75 Å². The highest BCUT2D eigenvalue weighted by molar-refractivity contribution is 14.1. The number of rotatable bonds is 6. The third-order valence-electron chi connectivity index (χ3n) is 5.09. The van der Waals surface area contributed by atoms with E-state index in [4.69, 9.17) is 21.4 Å². The van der Waals surface area contributed by atoms with Gasteiger partial charge in [0.15, 0.2) is 6.61 Å². The minimum absolute atomic E-state index is 0.0212. The van der Waals surface area contributed by atoms with Crippen LogP contribution in [0.25, 0.3) is 0 Å². The van der Waals surface area contributed by atoms with Gasteiger partial charge in [-0.2, -0.15) is 0 Å². The number of carbonyl (C=O) groups is 1. The zero-order valence-electron chi connectivity index (χ0n) is 16.6. The average molecular weight is 535 g/mol. The first kappa shape index (κ1) is 21.0. The minimum atomic E-state index is -0.217. The number of aryl methyl sites for hydroxylation is 3. The third-order valence-corrected chi connectivity index (χ3v) is 6.05. The molecular formula is C22H22IN3O3S. The van der Waals surface area contributed by atoms with Gasteiger partial charge in [0.25, 0.3) is 10.7 Å². The fourth-order valence-corrected chi connectivity index (χ4v) is 4.39. The molecule has 2 aromatic carbocycles. The molecule has 1 aliphatic carbocycles. The fraction of sp³-hybridized carbons (Fsp3) is 0.318. The van der Waals surface area contributed by atoms with Gasteiger partial charge < -0.3 is 14.5 Å². The van der Waals surface area contributed by atoms with E-state index >= 15 is 0 Å². The quantitative estimate of drug-likeness (QED) is 0.347. The van der Waals surface area contributed by atoms with Gasteiger partial charge in [0.05, 0.1) is 0 Å². The van der Waals surface area contributed by atoms with Crippen molar-refractivity contribution in [2.24, 2.45) is 0 Å². The van der Waals surface area contributed by atoms with Gasteiger partial charge in [0, 0.05) is 9.26 Å². The lowest BCUT2D eigenvalue weighted by Gasteiger charge is -2.16. The molecule has 3 aromatic rings. The van der Waals surface area contributed by atoms with E-state index in [1.807, 2.05) is 31.2 Å². The highest BCUT2D eigenvalue weighted by atomic mass is 127. The molecular weight excluding hydrogens is 513 g/mol. The van der Waals surface area contributed by atoms with Gasteiger partial charge in [-0.1, -0.05) is 6.07 Å². The summed E-state index contributed by atoms with van der Waals surface area (Å²) in [5.74, 6) is 0.917. The molecule has 0 radical (unpaired) electrons. The Bertz CT molecular complexity index is 1140. The Morgan fingerprint density at radius 2 is 2.03 bits per heavy atom. The van der Waals surface area contributed by atoms with Gasteiger partial charge in [-0.25, -0.2) is 4.68 Å². The number of hydrogen-bond donors (Lipinski definition) is 1. The molecule has 0 saturated heterocycles. The zero-order chi connectivity index (χ0) is 21.1. The van der Waals surface area contributed by atoms with Crippen LogP contribution < -0.4 is 10.1 Å². The molecule has 30 heavy (non-hydrogen) atoms. The Morgan fingerprint density at radius 3 is 2.83 bits per heavy atom. The number of hydrogen-bond acceptors (Lipinski definition) is 5. The maximum atomic E-state index is 12.4. The van der Waals surface area contributed by atoms with Crippen LogP contribution in [0.3, 0.4) is 0 Å². The van der Waals surface area contributed by atoms with E-state index in [1.54, 1.807) is 0 Å². The van der Waals surface area contributed by atoms with Gasteiger partial charge >= 0.3 is 0 Å². The summed E-state index contributed by atoms with van der Waals surface area (Å²) in [6, 6.07) is 12.0. The summed E-state index contributed by atoms with van der Waals surface area (Å²) in [6.45, 7) is 2.09. The number of benzene rings is 2. The van der Waals surface area contributed by atoms with Crippen molar-refractivity contribution in [3.63, 3.8) is 0 Å². The summed E-state index contributed by atoms with van der Waals surface area (Å²) in [7, 11) is 0. The predicted octanol–water partition coefficient (Wildman–Crippen LogP) is 5.22. The van der Waals surface area contributed by atoms with Gasteiger partial charge in [0.1, 0.15) is 12.3 Å². The molecule has 0 bridgehead atoms. The van der Waals surface area contributed by atoms with E-state index in [2.05, 4.69) is 45.1 Å². The van der Waals surface area contributed by atoms with Crippen molar-refractivity contribution in [2.75, 3.05) is 5.32 Å². The highest BCUT2D eigenvalue weighted by Crippen LogP contribution is 2.25. The number of ether oxygens (including phenoxy) is 1. The van der Waals surface area contributed by atoms with Crippen molar-refractivity contribution in [1.82, 2.24) is 9.78 Å². The summed E-state index contributed by atoms with van der Waals surface area (Å²) >= 11 is 7.45. The number of nitrogens with zero attached hydrogens (tertiary/aromatic N) is 2.